The Bertz CT molecular complexity index is 710. The smallest absolute Gasteiger partial charge is 0.184 e. The van der Waals surface area contributed by atoms with Crippen molar-refractivity contribution in [1.82, 2.24) is 0 Å². The molecule has 1 heterocycles. The number of allylic oxidation sites excluding steroid dienone is 4. The first-order valence-electron chi connectivity index (χ1n) is 9.52. The highest BCUT2D eigenvalue weighted by molar-refractivity contribution is 8.16. The molecule has 2 unspecified atom stereocenters. The van der Waals surface area contributed by atoms with Crippen molar-refractivity contribution in [3.05, 3.63) is 22.8 Å². The van der Waals surface area contributed by atoms with Crippen molar-refractivity contribution in [2.45, 2.75) is 61.8 Å². The van der Waals surface area contributed by atoms with Crippen molar-refractivity contribution >= 4 is 28.4 Å². The van der Waals surface area contributed by atoms with Gasteiger partial charge in [0, 0.05) is 24.8 Å². The van der Waals surface area contributed by atoms with Gasteiger partial charge in [0.05, 0.1) is 0 Å². The summed E-state index contributed by atoms with van der Waals surface area (Å²) < 4.78 is 0. The van der Waals surface area contributed by atoms with Crippen LogP contribution in [0.1, 0.15) is 61.8 Å². The molecule has 2 atom stereocenters. The number of carbonyl (C=O) groups excluding carboxylic acids is 2. The number of aliphatic imine (C=N–C) groups is 1. The number of rotatable bonds is 2. The number of nitrogens with zero attached hydrogens (tertiary/aromatic N) is 1. The van der Waals surface area contributed by atoms with Crippen LogP contribution in [0.25, 0.3) is 0 Å². The molecule has 2 aliphatic carbocycles. The van der Waals surface area contributed by atoms with Gasteiger partial charge in [-0.15, -0.1) is 11.8 Å². The quantitative estimate of drug-likeness (QED) is 0.661. The van der Waals surface area contributed by atoms with Gasteiger partial charge in [-0.1, -0.05) is 40.7 Å². The van der Waals surface area contributed by atoms with E-state index in [-0.39, 0.29) is 22.4 Å². The van der Waals surface area contributed by atoms with Crippen molar-refractivity contribution in [2.75, 3.05) is 12.3 Å². The molecule has 144 valence electrons. The van der Waals surface area contributed by atoms with Crippen LogP contribution >= 0.6 is 11.8 Å². The monoisotopic (exact) mass is 375 g/mol. The summed E-state index contributed by atoms with van der Waals surface area (Å²) >= 11 is 1.55. The van der Waals surface area contributed by atoms with Crippen LogP contribution in [0.2, 0.25) is 0 Å². The van der Waals surface area contributed by atoms with E-state index < -0.39 is 0 Å². The van der Waals surface area contributed by atoms with Gasteiger partial charge in [0.2, 0.25) is 0 Å². The van der Waals surface area contributed by atoms with E-state index in [0.717, 1.165) is 17.9 Å². The molecule has 0 saturated heterocycles. The van der Waals surface area contributed by atoms with Crippen molar-refractivity contribution < 1.29 is 9.59 Å². The van der Waals surface area contributed by atoms with Crippen LogP contribution in [-0.4, -0.2) is 28.9 Å². The predicted octanol–water partition coefficient (Wildman–Crippen LogP) is 5.26. The number of hydrogen-bond donors (Lipinski definition) is 0. The Morgan fingerprint density at radius 1 is 1.15 bits per heavy atom. The zero-order valence-electron chi connectivity index (χ0n) is 17.5. The topological polar surface area (TPSA) is 46.5 Å². The average molecular weight is 376 g/mol. The molecule has 0 N–H and O–H groups in total. The number of hydrogen-bond acceptors (Lipinski definition) is 4. The third-order valence-electron chi connectivity index (χ3n) is 5.73. The summed E-state index contributed by atoms with van der Waals surface area (Å²) in [5.41, 5.74) is 3.96. The molecule has 26 heavy (non-hydrogen) atoms. The first kappa shape index (κ1) is 21.1. The summed E-state index contributed by atoms with van der Waals surface area (Å²) in [4.78, 5) is 26.5. The Morgan fingerprint density at radius 3 is 2.19 bits per heavy atom. The van der Waals surface area contributed by atoms with Gasteiger partial charge in [-0.3, -0.25) is 14.6 Å². The lowest BCUT2D eigenvalue weighted by molar-refractivity contribution is -0.113. The summed E-state index contributed by atoms with van der Waals surface area (Å²) in [5, 5.41) is 0.699. The number of fused-ring (bicyclic) bond motifs is 1. The van der Waals surface area contributed by atoms with E-state index in [2.05, 4.69) is 52.6 Å². The van der Waals surface area contributed by atoms with Crippen LogP contribution in [0.3, 0.4) is 0 Å². The highest BCUT2D eigenvalue weighted by Gasteiger charge is 2.51. The molecule has 0 radical (unpaired) electrons. The van der Waals surface area contributed by atoms with E-state index >= 15 is 0 Å². The van der Waals surface area contributed by atoms with Crippen LogP contribution in [0.5, 0.6) is 0 Å². The summed E-state index contributed by atoms with van der Waals surface area (Å²) in [6, 6.07) is 0. The molecular formula is C22H33NO2S. The molecule has 0 spiro atoms. The van der Waals surface area contributed by atoms with Crippen LogP contribution in [-0.2, 0) is 9.59 Å². The third kappa shape index (κ3) is 4.05. The Hall–Kier alpha value is -1.16. The van der Waals surface area contributed by atoms with Gasteiger partial charge >= 0.3 is 0 Å². The molecule has 0 aromatic carbocycles. The summed E-state index contributed by atoms with van der Waals surface area (Å²) in [5.74, 6) is 2.50. The maximum atomic E-state index is 12.1. The van der Waals surface area contributed by atoms with E-state index in [1.54, 1.807) is 25.6 Å². The molecule has 0 bridgehead atoms. The molecular weight excluding hydrogens is 342 g/mol. The van der Waals surface area contributed by atoms with E-state index in [0.29, 0.717) is 16.9 Å². The molecule has 0 amide bonds. The molecule has 0 aromatic heterocycles. The highest BCUT2D eigenvalue weighted by Crippen LogP contribution is 2.60. The fourth-order valence-electron chi connectivity index (χ4n) is 5.29. The normalized spacial score (nSPS) is 28.6. The third-order valence-corrected chi connectivity index (χ3v) is 6.81. The van der Waals surface area contributed by atoms with Gasteiger partial charge in [0.1, 0.15) is 5.04 Å². The van der Waals surface area contributed by atoms with E-state index in [4.69, 9.17) is 0 Å². The molecule has 0 aromatic rings. The fourth-order valence-corrected chi connectivity index (χ4v) is 6.05. The van der Waals surface area contributed by atoms with Crippen LogP contribution in [0.15, 0.2) is 27.8 Å². The lowest BCUT2D eigenvalue weighted by Crippen LogP contribution is -2.32. The zero-order chi connectivity index (χ0) is 19.9. The van der Waals surface area contributed by atoms with Crippen LogP contribution < -0.4 is 0 Å². The standard InChI is InChI=1S/C17H26O.C5H7NOS/c1-10-8-16(4,5)14-11(2)9-17(6,7)15(14)13(10)12(3)18;1-4(7)5-6-2-3-8-5/h8,11,14H,9H2,1-7H3;2-3H2,1H3. The van der Waals surface area contributed by atoms with Crippen molar-refractivity contribution in [2.24, 2.45) is 27.7 Å². The molecule has 1 aliphatic heterocycles. The SMILES string of the molecule is CC(=O)C1=C2C(C(C)CC2(C)C)C(C)(C)C=C1C.CC(=O)C1=NCCS1. The predicted molar refractivity (Wildman–Crippen MR) is 112 cm³/mol. The Kier molecular flexibility index (Phi) is 6.06. The van der Waals surface area contributed by atoms with Crippen molar-refractivity contribution in [3.63, 3.8) is 0 Å². The summed E-state index contributed by atoms with van der Waals surface area (Å²) in [6.07, 6.45) is 3.50. The van der Waals surface area contributed by atoms with E-state index in [9.17, 15) is 9.59 Å². The van der Waals surface area contributed by atoms with Gasteiger partial charge < -0.3 is 0 Å². The lowest BCUT2D eigenvalue weighted by Gasteiger charge is -2.40. The summed E-state index contributed by atoms with van der Waals surface area (Å²) in [7, 11) is 0. The number of Topliss-reactive ketones (excluding diaryl/α,β-unsaturated/α-hetero) is 2. The Morgan fingerprint density at radius 2 is 1.77 bits per heavy atom. The second kappa shape index (κ2) is 7.46. The minimum atomic E-state index is 0.104. The van der Waals surface area contributed by atoms with Gasteiger partial charge in [-0.05, 0) is 54.1 Å². The van der Waals surface area contributed by atoms with Crippen LogP contribution in [0, 0.1) is 22.7 Å². The molecule has 3 nitrogen and oxygen atoms in total. The van der Waals surface area contributed by atoms with Crippen molar-refractivity contribution in [1.29, 1.82) is 0 Å². The number of carbonyl (C=O) groups is 2. The largest absolute Gasteiger partial charge is 0.295 e. The molecule has 4 heteroatoms. The van der Waals surface area contributed by atoms with E-state index in [1.165, 1.54) is 17.6 Å². The highest BCUT2D eigenvalue weighted by atomic mass is 32.2. The van der Waals surface area contributed by atoms with Crippen molar-refractivity contribution in [3.8, 4) is 0 Å². The maximum absolute atomic E-state index is 12.1. The zero-order valence-corrected chi connectivity index (χ0v) is 18.3. The number of ketones is 2. The van der Waals surface area contributed by atoms with Crippen LogP contribution in [0.4, 0.5) is 0 Å². The minimum Gasteiger partial charge on any atom is -0.295 e. The maximum Gasteiger partial charge on any atom is 0.184 e. The number of thioether (sulfide) groups is 1. The Balaban J connectivity index is 0.000000254. The minimum absolute atomic E-state index is 0.104. The molecule has 3 aliphatic rings. The lowest BCUT2D eigenvalue weighted by atomic mass is 9.64. The second-order valence-corrected chi connectivity index (χ2v) is 10.2. The first-order chi connectivity index (χ1) is 11.9. The molecule has 1 saturated carbocycles. The van der Waals surface area contributed by atoms with Gasteiger partial charge in [-0.2, -0.15) is 0 Å². The second-order valence-electron chi connectivity index (χ2n) is 9.13. The van der Waals surface area contributed by atoms with Gasteiger partial charge in [0.25, 0.3) is 0 Å². The summed E-state index contributed by atoms with van der Waals surface area (Å²) in [6.45, 7) is 17.8. The fraction of sp³-hybridized carbons (Fsp3) is 0.682. The van der Waals surface area contributed by atoms with E-state index in [1.807, 2.05) is 0 Å². The average Bonchev–Trinajstić information content (AvgIpc) is 3.05. The molecule has 1 fully saturated rings. The first-order valence-corrected chi connectivity index (χ1v) is 10.5. The Labute approximate surface area is 162 Å². The van der Waals surface area contributed by atoms with Gasteiger partial charge in [-0.25, -0.2) is 0 Å². The molecule has 3 rings (SSSR count). The van der Waals surface area contributed by atoms with Gasteiger partial charge in [0.15, 0.2) is 11.6 Å².